The molecule has 0 atom stereocenters. The number of rotatable bonds is 7. The zero-order chi connectivity index (χ0) is 9.45. The van der Waals surface area contributed by atoms with Crippen LogP contribution in [0.15, 0.2) is 0 Å². The van der Waals surface area contributed by atoms with E-state index in [-0.39, 0.29) is 14.5 Å². The zero-order valence-electron chi connectivity index (χ0n) is 7.49. The van der Waals surface area contributed by atoms with E-state index in [0.29, 0.717) is 19.8 Å². The average molecular weight is 260 g/mol. The van der Waals surface area contributed by atoms with Crippen molar-refractivity contribution in [3.8, 4) is 0 Å². The molecule has 0 aromatic carbocycles. The second kappa shape index (κ2) is 7.07. The predicted octanol–water partition coefficient (Wildman–Crippen LogP) is 1.25. The normalized spacial score (nSPS) is 11.9. The first kappa shape index (κ1) is 12.6. The molecule has 0 aliphatic rings. The van der Waals surface area contributed by atoms with Gasteiger partial charge in [0.25, 0.3) is 0 Å². The van der Waals surface area contributed by atoms with Crippen molar-refractivity contribution in [3.05, 3.63) is 0 Å². The van der Waals surface area contributed by atoms with Gasteiger partial charge in [0.1, 0.15) is 0 Å². The molecule has 0 spiro atoms. The SMILES string of the molecule is CCOP(=O)(OCC)[Se]CCN. The van der Waals surface area contributed by atoms with Crippen LogP contribution in [0, 0.1) is 0 Å². The summed E-state index contributed by atoms with van der Waals surface area (Å²) in [4.78, 5) is 0. The molecule has 0 unspecified atom stereocenters. The number of hydrogen-bond acceptors (Lipinski definition) is 4. The molecule has 0 aliphatic heterocycles. The van der Waals surface area contributed by atoms with Gasteiger partial charge in [-0.1, -0.05) is 0 Å². The maximum absolute atomic E-state index is 11.7. The molecule has 0 amide bonds. The van der Waals surface area contributed by atoms with Gasteiger partial charge in [-0.3, -0.25) is 0 Å². The third kappa shape index (κ3) is 5.31. The summed E-state index contributed by atoms with van der Waals surface area (Å²) in [5.41, 5.74) is 5.31. The molecular weight excluding hydrogens is 244 g/mol. The molecule has 12 heavy (non-hydrogen) atoms. The summed E-state index contributed by atoms with van der Waals surface area (Å²) in [6, 6.07) is 0. The van der Waals surface area contributed by atoms with E-state index in [1.165, 1.54) is 0 Å². The summed E-state index contributed by atoms with van der Waals surface area (Å²) in [7, 11) is 0. The Morgan fingerprint density at radius 3 is 2.17 bits per heavy atom. The van der Waals surface area contributed by atoms with Crippen LogP contribution in [-0.2, 0) is 13.6 Å². The van der Waals surface area contributed by atoms with Gasteiger partial charge in [-0.25, -0.2) is 0 Å². The van der Waals surface area contributed by atoms with E-state index in [0.717, 1.165) is 5.32 Å². The Morgan fingerprint density at radius 1 is 1.33 bits per heavy atom. The Balaban J connectivity index is 3.90. The Labute approximate surface area is 79.5 Å². The van der Waals surface area contributed by atoms with Crippen molar-refractivity contribution < 1.29 is 13.6 Å². The molecule has 74 valence electrons. The van der Waals surface area contributed by atoms with Gasteiger partial charge >= 0.3 is 79.1 Å². The molecular formula is C6H16NO3PSe. The Hall–Kier alpha value is 0.629. The van der Waals surface area contributed by atoms with E-state index in [9.17, 15) is 4.57 Å². The van der Waals surface area contributed by atoms with Crippen LogP contribution in [0.25, 0.3) is 0 Å². The van der Waals surface area contributed by atoms with Crippen molar-refractivity contribution in [1.29, 1.82) is 0 Å². The minimum atomic E-state index is -2.75. The molecule has 4 nitrogen and oxygen atoms in total. The van der Waals surface area contributed by atoms with Gasteiger partial charge in [-0.2, -0.15) is 0 Å². The van der Waals surface area contributed by atoms with Gasteiger partial charge in [0, 0.05) is 0 Å². The topological polar surface area (TPSA) is 61.5 Å². The molecule has 0 rings (SSSR count). The van der Waals surface area contributed by atoms with Crippen molar-refractivity contribution in [1.82, 2.24) is 0 Å². The maximum atomic E-state index is 11.7. The van der Waals surface area contributed by atoms with Gasteiger partial charge in [-0.05, 0) is 0 Å². The molecule has 0 fully saturated rings. The quantitative estimate of drug-likeness (QED) is 0.552. The van der Waals surface area contributed by atoms with Crippen LogP contribution in [0.4, 0.5) is 0 Å². The Morgan fingerprint density at radius 2 is 1.83 bits per heavy atom. The van der Waals surface area contributed by atoms with E-state index in [1.54, 1.807) is 0 Å². The molecule has 0 heterocycles. The van der Waals surface area contributed by atoms with E-state index in [1.807, 2.05) is 13.8 Å². The third-order valence-electron chi connectivity index (χ3n) is 0.942. The molecule has 0 saturated heterocycles. The summed E-state index contributed by atoms with van der Waals surface area (Å²) in [5, 5.41) is 0.740. The standard InChI is InChI=1S/C6H16NO3PSe/c1-3-9-11(8,10-4-2)12-6-5-7/h3-7H2,1-2H3. The van der Waals surface area contributed by atoms with Crippen LogP contribution >= 0.6 is 6.29 Å². The fourth-order valence-electron chi connectivity index (χ4n) is 0.593. The van der Waals surface area contributed by atoms with E-state index in [4.69, 9.17) is 14.8 Å². The van der Waals surface area contributed by atoms with Gasteiger partial charge in [0.15, 0.2) is 0 Å². The summed E-state index contributed by atoms with van der Waals surface area (Å²) in [6.07, 6.45) is -2.75. The molecule has 0 bridgehead atoms. The fourth-order valence-corrected chi connectivity index (χ4v) is 6.11. The first-order valence-corrected chi connectivity index (χ1v) is 8.89. The molecule has 6 heteroatoms. The van der Waals surface area contributed by atoms with Crippen LogP contribution in [0.3, 0.4) is 0 Å². The third-order valence-corrected chi connectivity index (χ3v) is 7.55. The Kier molecular flexibility index (Phi) is 7.44. The van der Waals surface area contributed by atoms with Crippen LogP contribution < -0.4 is 5.73 Å². The summed E-state index contributed by atoms with van der Waals surface area (Å²) in [5.74, 6) is 0. The van der Waals surface area contributed by atoms with Gasteiger partial charge < -0.3 is 0 Å². The van der Waals surface area contributed by atoms with E-state index >= 15 is 0 Å². The van der Waals surface area contributed by atoms with Crippen LogP contribution in [-0.4, -0.2) is 34.3 Å². The van der Waals surface area contributed by atoms with E-state index < -0.39 is 6.29 Å². The second-order valence-electron chi connectivity index (χ2n) is 1.90. The van der Waals surface area contributed by atoms with Gasteiger partial charge in [0.05, 0.1) is 0 Å². The van der Waals surface area contributed by atoms with Crippen molar-refractivity contribution in [2.45, 2.75) is 19.2 Å². The van der Waals surface area contributed by atoms with E-state index in [2.05, 4.69) is 0 Å². The molecule has 0 radical (unpaired) electrons. The average Bonchev–Trinajstić information content (AvgIpc) is 2.02. The van der Waals surface area contributed by atoms with Crippen LogP contribution in [0.1, 0.15) is 13.8 Å². The first-order chi connectivity index (χ1) is 5.68. The fraction of sp³-hybridized carbons (Fsp3) is 1.00. The van der Waals surface area contributed by atoms with Crippen molar-refractivity contribution in [2.75, 3.05) is 19.8 Å². The number of nitrogens with two attached hydrogens (primary N) is 1. The van der Waals surface area contributed by atoms with Crippen molar-refractivity contribution >= 4 is 20.8 Å². The molecule has 0 aliphatic carbocycles. The predicted molar refractivity (Wildman–Crippen MR) is 50.5 cm³/mol. The van der Waals surface area contributed by atoms with Gasteiger partial charge in [-0.15, -0.1) is 0 Å². The first-order valence-electron chi connectivity index (χ1n) is 3.92. The molecule has 0 aromatic heterocycles. The summed E-state index contributed by atoms with van der Waals surface area (Å²) >= 11 is -0.131. The molecule has 2 N–H and O–H groups in total. The van der Waals surface area contributed by atoms with Crippen molar-refractivity contribution in [3.63, 3.8) is 0 Å². The van der Waals surface area contributed by atoms with Crippen LogP contribution in [0.5, 0.6) is 0 Å². The summed E-state index contributed by atoms with van der Waals surface area (Å²) < 4.78 is 21.9. The number of hydrogen-bond donors (Lipinski definition) is 1. The van der Waals surface area contributed by atoms with Crippen molar-refractivity contribution in [2.24, 2.45) is 5.73 Å². The Bertz CT molecular complexity index is 146. The zero-order valence-corrected chi connectivity index (χ0v) is 10.1. The minimum absolute atomic E-state index is 0.131. The second-order valence-corrected chi connectivity index (χ2v) is 8.87. The van der Waals surface area contributed by atoms with Crippen LogP contribution in [0.2, 0.25) is 5.32 Å². The summed E-state index contributed by atoms with van der Waals surface area (Å²) in [6.45, 7) is 5.03. The van der Waals surface area contributed by atoms with Gasteiger partial charge in [0.2, 0.25) is 0 Å². The molecule has 0 saturated carbocycles. The monoisotopic (exact) mass is 261 g/mol. The molecule has 0 aromatic rings.